The first-order valence-electron chi connectivity index (χ1n) is 15.5. The third kappa shape index (κ3) is 6.07. The lowest BCUT2D eigenvalue weighted by molar-refractivity contribution is -0.138. The molecule has 0 unspecified atom stereocenters. The number of hydrogen-bond acceptors (Lipinski definition) is 7. The molecule has 0 fully saturated rings. The van der Waals surface area contributed by atoms with Crippen LogP contribution in [0, 0.1) is 11.3 Å². The number of quaternary nitrogens is 1. The first-order chi connectivity index (χ1) is 23.4. The molecular weight excluding hydrogens is 635 g/mol. The van der Waals surface area contributed by atoms with Crippen molar-refractivity contribution in [3.63, 3.8) is 0 Å². The summed E-state index contributed by atoms with van der Waals surface area (Å²) in [6, 6.07) is 20.7. The topological polar surface area (TPSA) is 117 Å². The van der Waals surface area contributed by atoms with Crippen LogP contribution in [0.4, 0.5) is 30.5 Å². The summed E-state index contributed by atoms with van der Waals surface area (Å²) in [5, 5.41) is 17.4. The number of ether oxygens (including phenoxy) is 1. The number of methoxy groups -OCH3 is 1. The normalized spacial score (nSPS) is 14.9. The van der Waals surface area contributed by atoms with Crippen molar-refractivity contribution in [1.82, 2.24) is 24.2 Å². The van der Waals surface area contributed by atoms with Crippen molar-refractivity contribution in [2.75, 3.05) is 32.6 Å². The lowest BCUT2D eigenvalue weighted by atomic mass is 9.88. The molecule has 0 amide bonds. The Bertz CT molecular complexity index is 2210. The van der Waals surface area contributed by atoms with Crippen molar-refractivity contribution in [1.29, 1.82) is 5.26 Å². The minimum atomic E-state index is -4.63. The average molecular weight is 669 g/mol. The SMILES string of the molecule is COC(=O)C1=C(C)N(c2cccc(C(F)(F)F)c2)c2n[nH]c(=O)n2[C@@H]1c1ccc(C#N)cc1CCC[N+](C)(C)c1cccc2cccnc12. The monoisotopic (exact) mass is 668 g/mol. The summed E-state index contributed by atoms with van der Waals surface area (Å²) in [4.78, 5) is 33.0. The highest BCUT2D eigenvalue weighted by atomic mass is 19.4. The number of aromatic nitrogens is 4. The minimum absolute atomic E-state index is 0.00366. The standard InChI is InChI=1S/C36H32F3N7O3/c1-22-30(33(47)49-4)32(45-34(42-43-35(45)48)44(22)27-13-6-12-26(20-27)36(37,38)39)28-16-15-23(21-40)19-25(28)11-8-18-46(2,3)29-14-5-9-24-10-7-17-41-31(24)29/h5-7,9-10,12-17,19-20,32H,8,11,18H2,1-4H3/p+1/t32-/m1/s1. The van der Waals surface area contributed by atoms with E-state index < -0.39 is 29.4 Å². The minimum Gasteiger partial charge on any atom is -0.466 e. The second-order valence-corrected chi connectivity index (χ2v) is 12.4. The predicted octanol–water partition coefficient (Wildman–Crippen LogP) is 6.40. The average Bonchev–Trinajstić information content (AvgIpc) is 3.47. The van der Waals surface area contributed by atoms with Gasteiger partial charge >= 0.3 is 17.8 Å². The summed E-state index contributed by atoms with van der Waals surface area (Å²) in [6.45, 7) is 2.26. The molecule has 6 rings (SSSR count). The zero-order chi connectivity index (χ0) is 35.1. The Morgan fingerprint density at radius 1 is 1.08 bits per heavy atom. The fourth-order valence-electron chi connectivity index (χ4n) is 6.60. The van der Waals surface area contributed by atoms with E-state index in [1.807, 2.05) is 24.3 Å². The molecule has 0 aliphatic carbocycles. The number of aryl methyl sites for hydroxylation is 1. The van der Waals surface area contributed by atoms with Gasteiger partial charge in [0.2, 0.25) is 5.95 Å². The van der Waals surface area contributed by atoms with Crippen LogP contribution in [-0.2, 0) is 22.1 Å². The third-order valence-electron chi connectivity index (χ3n) is 8.97. The first-order valence-corrected chi connectivity index (χ1v) is 15.5. The van der Waals surface area contributed by atoms with Gasteiger partial charge in [0.05, 0.1) is 50.5 Å². The summed E-state index contributed by atoms with van der Waals surface area (Å²) in [7, 11) is 5.39. The molecule has 1 aliphatic heterocycles. The fraction of sp³-hybridized carbons (Fsp3) is 0.250. The van der Waals surface area contributed by atoms with Crippen molar-refractivity contribution >= 4 is 34.2 Å². The number of pyridine rings is 1. The molecule has 1 N–H and O–H groups in total. The lowest BCUT2D eigenvalue weighted by Crippen LogP contribution is -2.41. The van der Waals surface area contributed by atoms with Crippen LogP contribution in [0.3, 0.4) is 0 Å². The van der Waals surface area contributed by atoms with Crippen molar-refractivity contribution < 1.29 is 22.7 Å². The fourth-order valence-corrected chi connectivity index (χ4v) is 6.60. The maximum atomic E-state index is 13.7. The largest absolute Gasteiger partial charge is 0.466 e. The van der Waals surface area contributed by atoms with E-state index in [0.29, 0.717) is 35.0 Å². The highest BCUT2D eigenvalue weighted by Gasteiger charge is 2.41. The first kappa shape index (κ1) is 33.2. The maximum absolute atomic E-state index is 13.7. The van der Waals surface area contributed by atoms with Crippen LogP contribution >= 0.6 is 0 Å². The number of H-pyrrole nitrogens is 1. The van der Waals surface area contributed by atoms with Gasteiger partial charge in [0.1, 0.15) is 11.6 Å². The number of fused-ring (bicyclic) bond motifs is 2. The summed E-state index contributed by atoms with van der Waals surface area (Å²) in [5.41, 5.74) is 2.38. The molecule has 3 heterocycles. The number of allylic oxidation sites excluding steroid dienone is 1. The maximum Gasteiger partial charge on any atom is 0.416 e. The summed E-state index contributed by atoms with van der Waals surface area (Å²) < 4.78 is 48.1. The molecule has 0 saturated carbocycles. The van der Waals surface area contributed by atoms with Gasteiger partial charge in [0.15, 0.2) is 5.69 Å². The number of esters is 1. The number of halogens is 3. The van der Waals surface area contributed by atoms with Gasteiger partial charge in [0.25, 0.3) is 0 Å². The number of nitrogens with zero attached hydrogens (tertiary/aromatic N) is 6. The molecule has 250 valence electrons. The van der Waals surface area contributed by atoms with Gasteiger partial charge in [-0.05, 0) is 60.9 Å². The van der Waals surface area contributed by atoms with E-state index in [1.165, 1.54) is 28.7 Å². The number of nitrogens with one attached hydrogen (secondary N) is 1. The van der Waals surface area contributed by atoms with Crippen LogP contribution < -0.4 is 15.1 Å². The number of alkyl halides is 3. The molecule has 3 aromatic carbocycles. The Hall–Kier alpha value is -5.74. The molecule has 13 heteroatoms. The van der Waals surface area contributed by atoms with Crippen LogP contribution in [0.2, 0.25) is 0 Å². The zero-order valence-electron chi connectivity index (χ0n) is 27.2. The van der Waals surface area contributed by atoms with E-state index in [4.69, 9.17) is 4.74 Å². The molecule has 1 aliphatic rings. The van der Waals surface area contributed by atoms with Crippen molar-refractivity contribution in [2.24, 2.45) is 0 Å². The highest BCUT2D eigenvalue weighted by molar-refractivity contribution is 5.94. The van der Waals surface area contributed by atoms with Crippen LogP contribution in [0.25, 0.3) is 10.9 Å². The van der Waals surface area contributed by atoms with Gasteiger partial charge < -0.3 is 4.74 Å². The molecular formula is C36H33F3N7O3+. The van der Waals surface area contributed by atoms with Gasteiger partial charge in [-0.3, -0.25) is 9.38 Å². The third-order valence-corrected chi connectivity index (χ3v) is 8.97. The van der Waals surface area contributed by atoms with E-state index in [-0.39, 0.29) is 22.9 Å². The van der Waals surface area contributed by atoms with Crippen LogP contribution in [-0.4, -0.2) is 53.5 Å². The van der Waals surface area contributed by atoms with Gasteiger partial charge in [0, 0.05) is 35.5 Å². The van der Waals surface area contributed by atoms with Crippen LogP contribution in [0.1, 0.15) is 41.6 Å². The Balaban J connectivity index is 1.43. The number of para-hydroxylation sites is 1. The molecule has 49 heavy (non-hydrogen) atoms. The zero-order valence-corrected chi connectivity index (χ0v) is 27.2. The number of nitriles is 1. The summed E-state index contributed by atoms with van der Waals surface area (Å²) >= 11 is 0. The van der Waals surface area contributed by atoms with Gasteiger partial charge in [-0.15, -0.1) is 5.10 Å². The molecule has 0 bridgehead atoms. The number of benzene rings is 3. The van der Waals surface area contributed by atoms with Crippen molar-refractivity contribution in [3.8, 4) is 6.07 Å². The quantitative estimate of drug-likeness (QED) is 0.150. The van der Waals surface area contributed by atoms with Crippen LogP contribution in [0.15, 0.2) is 95.1 Å². The van der Waals surface area contributed by atoms with Crippen LogP contribution in [0.5, 0.6) is 0 Å². The molecule has 0 radical (unpaired) electrons. The van der Waals surface area contributed by atoms with Crippen molar-refractivity contribution in [3.05, 3.63) is 123 Å². The van der Waals surface area contributed by atoms with Gasteiger partial charge in [-0.2, -0.15) is 18.4 Å². The van der Waals surface area contributed by atoms with E-state index in [2.05, 4.69) is 41.4 Å². The second kappa shape index (κ2) is 12.7. The van der Waals surface area contributed by atoms with E-state index in [0.717, 1.165) is 34.3 Å². The summed E-state index contributed by atoms with van der Waals surface area (Å²) in [6.07, 6.45) is -1.72. The van der Waals surface area contributed by atoms with E-state index in [9.17, 15) is 28.0 Å². The van der Waals surface area contributed by atoms with Gasteiger partial charge in [-0.1, -0.05) is 30.3 Å². The molecule has 0 spiro atoms. The number of aromatic amines is 1. The Labute approximate surface area is 279 Å². The van der Waals surface area contributed by atoms with E-state index in [1.54, 1.807) is 31.3 Å². The van der Waals surface area contributed by atoms with Gasteiger partial charge in [-0.25, -0.2) is 24.2 Å². The number of hydrogen-bond donors (Lipinski definition) is 1. The molecule has 0 saturated heterocycles. The second-order valence-electron chi connectivity index (χ2n) is 12.4. The molecule has 10 nitrogen and oxygen atoms in total. The number of carbonyl (C=O) groups excluding carboxylic acids is 1. The number of anilines is 2. The predicted molar refractivity (Wildman–Crippen MR) is 179 cm³/mol. The Morgan fingerprint density at radius 2 is 1.84 bits per heavy atom. The highest BCUT2D eigenvalue weighted by Crippen LogP contribution is 2.44. The van der Waals surface area contributed by atoms with E-state index >= 15 is 0 Å². The van der Waals surface area contributed by atoms with Crippen molar-refractivity contribution in [2.45, 2.75) is 32.0 Å². The lowest BCUT2D eigenvalue weighted by Gasteiger charge is -2.36. The number of carbonyl (C=O) groups is 1. The molecule has 1 atom stereocenters. The Kier molecular flexibility index (Phi) is 8.60. The Morgan fingerprint density at radius 3 is 2.57 bits per heavy atom. The molecule has 5 aromatic rings. The molecule has 2 aromatic heterocycles. The number of rotatable bonds is 8. The summed E-state index contributed by atoms with van der Waals surface area (Å²) in [5.74, 6) is -0.772. The smallest absolute Gasteiger partial charge is 0.416 e.